The van der Waals surface area contributed by atoms with Crippen molar-refractivity contribution in [1.29, 1.82) is 0 Å². The predicted molar refractivity (Wildman–Crippen MR) is 71.1 cm³/mol. The molecule has 0 saturated carbocycles. The molecular weight excluding hydrogens is 280 g/mol. The topological polar surface area (TPSA) is 114 Å². The van der Waals surface area contributed by atoms with Crippen LogP contribution in [-0.2, 0) is 9.47 Å². The van der Waals surface area contributed by atoms with Gasteiger partial charge >= 0.3 is 5.69 Å². The summed E-state index contributed by atoms with van der Waals surface area (Å²) in [5.74, 6) is 0. The molecular formula is C13H18N2O6. The maximum absolute atomic E-state index is 12.2. The van der Waals surface area contributed by atoms with E-state index in [0.717, 1.165) is 4.57 Å². The lowest BCUT2D eigenvalue weighted by Gasteiger charge is -2.44. The van der Waals surface area contributed by atoms with Crippen molar-refractivity contribution in [3.8, 4) is 0 Å². The van der Waals surface area contributed by atoms with Crippen molar-refractivity contribution < 1.29 is 22.4 Å². The van der Waals surface area contributed by atoms with E-state index in [0.29, 0.717) is 0 Å². The molecule has 3 heterocycles. The zero-order chi connectivity index (χ0) is 17.2. The van der Waals surface area contributed by atoms with Gasteiger partial charge in [0.2, 0.25) is 0 Å². The standard InChI is InChI=1S/C13H18N2O6/c1-6-7(2)15(12(19)14-10(6)18)11-13(3-4-20-13)9(17)8(5-16)21-11/h8-9,11,16-17H,3-5H2,1-2H3,(H,14,18,19)/t8-,9-,11-,13-/m1/s1/i8D,9D. The van der Waals surface area contributed by atoms with Crippen LogP contribution in [0.3, 0.4) is 0 Å². The maximum atomic E-state index is 12.2. The Hall–Kier alpha value is -1.48. The zero-order valence-electron chi connectivity index (χ0n) is 13.7. The normalized spacial score (nSPS) is 43.5. The van der Waals surface area contributed by atoms with Crippen LogP contribution in [0, 0.1) is 13.8 Å². The van der Waals surface area contributed by atoms with Gasteiger partial charge < -0.3 is 19.7 Å². The summed E-state index contributed by atoms with van der Waals surface area (Å²) in [6, 6.07) is 0. The molecule has 0 unspecified atom stereocenters. The van der Waals surface area contributed by atoms with Crippen LogP contribution in [0.5, 0.6) is 0 Å². The summed E-state index contributed by atoms with van der Waals surface area (Å²) < 4.78 is 28.1. The molecule has 1 aromatic rings. The van der Waals surface area contributed by atoms with Gasteiger partial charge in [0.05, 0.1) is 16.0 Å². The molecule has 116 valence electrons. The van der Waals surface area contributed by atoms with Gasteiger partial charge in [-0.25, -0.2) is 4.79 Å². The first-order chi connectivity index (χ1) is 10.6. The Kier molecular flexibility index (Phi) is 2.75. The Morgan fingerprint density at radius 3 is 2.71 bits per heavy atom. The van der Waals surface area contributed by atoms with Crippen LogP contribution in [0.2, 0.25) is 0 Å². The molecule has 2 aliphatic rings. The smallest absolute Gasteiger partial charge is 0.330 e. The molecule has 0 aliphatic carbocycles. The Bertz CT molecular complexity index is 769. The molecule has 0 bridgehead atoms. The highest BCUT2D eigenvalue weighted by Gasteiger charge is 2.62. The number of aliphatic hydroxyl groups is 2. The van der Waals surface area contributed by atoms with E-state index in [1.165, 1.54) is 13.8 Å². The highest BCUT2D eigenvalue weighted by atomic mass is 16.6. The van der Waals surface area contributed by atoms with Gasteiger partial charge in [-0.05, 0) is 13.8 Å². The monoisotopic (exact) mass is 300 g/mol. The number of nitrogens with zero attached hydrogens (tertiary/aromatic N) is 1. The second-order valence-electron chi connectivity index (χ2n) is 5.23. The molecule has 0 aromatic carbocycles. The van der Waals surface area contributed by atoms with Crippen molar-refractivity contribution in [3.63, 3.8) is 0 Å². The number of H-pyrrole nitrogens is 1. The molecule has 3 rings (SSSR count). The van der Waals surface area contributed by atoms with E-state index in [9.17, 15) is 19.8 Å². The minimum absolute atomic E-state index is 0.169. The Morgan fingerprint density at radius 1 is 1.52 bits per heavy atom. The average Bonchev–Trinajstić information content (AvgIpc) is 2.61. The zero-order valence-corrected chi connectivity index (χ0v) is 11.7. The Balaban J connectivity index is 2.24. The first-order valence-corrected chi connectivity index (χ1v) is 6.58. The molecule has 2 fully saturated rings. The molecule has 8 nitrogen and oxygen atoms in total. The van der Waals surface area contributed by atoms with Crippen molar-refractivity contribution >= 4 is 0 Å². The average molecular weight is 300 g/mol. The van der Waals surface area contributed by atoms with Crippen LogP contribution in [0.1, 0.15) is 26.6 Å². The molecule has 8 heteroatoms. The summed E-state index contributed by atoms with van der Waals surface area (Å²) >= 11 is 0. The molecule has 3 N–H and O–H groups in total. The molecule has 2 saturated heterocycles. The van der Waals surface area contributed by atoms with E-state index in [-0.39, 0.29) is 24.3 Å². The summed E-state index contributed by atoms with van der Waals surface area (Å²) in [4.78, 5) is 26.1. The molecule has 1 spiro atoms. The lowest BCUT2D eigenvalue weighted by molar-refractivity contribution is -0.227. The number of aromatic nitrogens is 2. The number of nitrogens with one attached hydrogen (secondary N) is 1. The van der Waals surface area contributed by atoms with Gasteiger partial charge in [0, 0.05) is 17.7 Å². The summed E-state index contributed by atoms with van der Waals surface area (Å²) in [5.41, 5.74) is -2.47. The largest absolute Gasteiger partial charge is 0.394 e. The fraction of sp³-hybridized carbons (Fsp3) is 0.692. The minimum Gasteiger partial charge on any atom is -0.394 e. The predicted octanol–water partition coefficient (Wildman–Crippen LogP) is -1.44. The number of aliphatic hydroxyl groups excluding tert-OH is 1. The number of hydrogen-bond donors (Lipinski definition) is 3. The van der Waals surface area contributed by atoms with E-state index in [1.54, 1.807) is 0 Å². The van der Waals surface area contributed by atoms with Gasteiger partial charge in [0.25, 0.3) is 5.56 Å². The van der Waals surface area contributed by atoms with Gasteiger partial charge in [-0.1, -0.05) is 0 Å². The Morgan fingerprint density at radius 2 is 2.19 bits per heavy atom. The van der Waals surface area contributed by atoms with Gasteiger partial charge in [-0.15, -0.1) is 0 Å². The molecule has 4 atom stereocenters. The molecule has 0 radical (unpaired) electrons. The van der Waals surface area contributed by atoms with Crippen LogP contribution in [0.25, 0.3) is 0 Å². The fourth-order valence-electron chi connectivity index (χ4n) is 2.75. The van der Waals surface area contributed by atoms with Crippen LogP contribution in [-0.4, -0.2) is 50.7 Å². The van der Waals surface area contributed by atoms with Crippen molar-refractivity contribution in [2.45, 2.75) is 44.3 Å². The van der Waals surface area contributed by atoms with Crippen molar-refractivity contribution in [3.05, 3.63) is 32.1 Å². The first kappa shape index (κ1) is 12.1. The first-order valence-electron chi connectivity index (χ1n) is 7.58. The van der Waals surface area contributed by atoms with Crippen molar-refractivity contribution in [1.82, 2.24) is 9.55 Å². The van der Waals surface area contributed by atoms with E-state index < -0.39 is 41.8 Å². The van der Waals surface area contributed by atoms with Gasteiger partial charge in [-0.2, -0.15) is 0 Å². The number of rotatable bonds is 2. The van der Waals surface area contributed by atoms with E-state index in [1.807, 2.05) is 0 Å². The van der Waals surface area contributed by atoms with E-state index in [2.05, 4.69) is 4.98 Å². The highest BCUT2D eigenvalue weighted by Crippen LogP contribution is 2.48. The maximum Gasteiger partial charge on any atom is 0.330 e. The molecule has 2 aliphatic heterocycles. The summed E-state index contributed by atoms with van der Waals surface area (Å²) in [5, 5.41) is 19.9. The number of aromatic amines is 1. The van der Waals surface area contributed by atoms with Crippen molar-refractivity contribution in [2.75, 3.05) is 13.2 Å². The van der Waals surface area contributed by atoms with E-state index >= 15 is 0 Å². The highest BCUT2D eigenvalue weighted by molar-refractivity contribution is 5.17. The lowest BCUT2D eigenvalue weighted by Crippen LogP contribution is -2.58. The SMILES string of the molecule is [2H][C@@]1(O)[C@@]([2H])(CO)O[C@@H](n2c(C)c(C)c(=O)[nH]c2=O)[C@@]12CCO2. The third-order valence-corrected chi connectivity index (χ3v) is 4.21. The number of ether oxygens (including phenoxy) is 2. The summed E-state index contributed by atoms with van der Waals surface area (Å²) in [7, 11) is 0. The second-order valence-corrected chi connectivity index (χ2v) is 5.23. The van der Waals surface area contributed by atoms with Crippen LogP contribution in [0.15, 0.2) is 9.59 Å². The van der Waals surface area contributed by atoms with Crippen LogP contribution in [0.4, 0.5) is 0 Å². The quantitative estimate of drug-likeness (QED) is 0.616. The Labute approximate surface area is 122 Å². The molecule has 0 amide bonds. The minimum atomic E-state index is -2.59. The lowest BCUT2D eigenvalue weighted by atomic mass is 9.86. The van der Waals surface area contributed by atoms with Crippen molar-refractivity contribution in [2.24, 2.45) is 0 Å². The van der Waals surface area contributed by atoms with Crippen LogP contribution < -0.4 is 11.2 Å². The third-order valence-electron chi connectivity index (χ3n) is 4.21. The molecule has 1 aromatic heterocycles. The van der Waals surface area contributed by atoms with Gasteiger partial charge in [-0.3, -0.25) is 14.3 Å². The van der Waals surface area contributed by atoms with E-state index in [4.69, 9.17) is 12.2 Å². The van der Waals surface area contributed by atoms with Gasteiger partial charge in [0.1, 0.15) is 17.8 Å². The fourth-order valence-corrected chi connectivity index (χ4v) is 2.75. The van der Waals surface area contributed by atoms with Gasteiger partial charge in [0.15, 0.2) is 6.23 Å². The molecule has 21 heavy (non-hydrogen) atoms. The summed E-state index contributed by atoms with van der Waals surface area (Å²) in [6.07, 6.45) is -6.12. The third kappa shape index (κ3) is 1.83. The van der Waals surface area contributed by atoms with Crippen LogP contribution >= 0.6 is 0 Å². The second kappa shape index (κ2) is 4.77. The summed E-state index contributed by atoms with van der Waals surface area (Å²) in [6.45, 7) is 2.30. The number of hydrogen-bond acceptors (Lipinski definition) is 6.